The van der Waals surface area contributed by atoms with Crippen molar-refractivity contribution in [3.05, 3.63) is 88.0 Å². The lowest BCUT2D eigenvalue weighted by molar-refractivity contribution is -0.137. The number of hydrogen-bond acceptors (Lipinski definition) is 3. The number of fused-ring (bicyclic) bond motifs is 2. The van der Waals surface area contributed by atoms with Gasteiger partial charge in [-0.05, 0) is 91.8 Å². The van der Waals surface area contributed by atoms with Crippen LogP contribution in [0.1, 0.15) is 58.9 Å². The van der Waals surface area contributed by atoms with Gasteiger partial charge in [-0.3, -0.25) is 4.79 Å². The van der Waals surface area contributed by atoms with E-state index >= 15 is 0 Å². The molecule has 2 aliphatic rings. The molecule has 2 atom stereocenters. The molecule has 1 heterocycles. The average molecular weight is 500 g/mol. The minimum Gasteiger partial charge on any atom is -0.389 e. The third-order valence-electron chi connectivity index (χ3n) is 7.86. The monoisotopic (exact) mass is 499 g/mol. The van der Waals surface area contributed by atoms with Crippen molar-refractivity contribution in [3.8, 4) is 5.69 Å². The van der Waals surface area contributed by atoms with Crippen LogP contribution >= 0.6 is 0 Å². The number of hydrogen-bond donors (Lipinski definition) is 2. The lowest BCUT2D eigenvalue weighted by atomic mass is 9.65. The minimum absolute atomic E-state index is 0.0250. The molecule has 1 amide bonds. The van der Waals surface area contributed by atoms with Gasteiger partial charge in [0.25, 0.3) is 0 Å². The predicted molar refractivity (Wildman–Crippen MR) is 126 cm³/mol. The maximum Gasteiger partial charge on any atom is 0.416 e. The molecule has 1 fully saturated rings. The molecule has 0 unspecified atom stereocenters. The van der Waals surface area contributed by atoms with E-state index in [4.69, 9.17) is 5.73 Å². The van der Waals surface area contributed by atoms with Gasteiger partial charge in [0, 0.05) is 11.0 Å². The number of amides is 1. The Morgan fingerprint density at radius 2 is 1.92 bits per heavy atom. The number of aromatic nitrogens is 2. The Morgan fingerprint density at radius 1 is 1.19 bits per heavy atom. The molecule has 2 aromatic carbocycles. The second kappa shape index (κ2) is 8.30. The van der Waals surface area contributed by atoms with Crippen molar-refractivity contribution in [1.82, 2.24) is 9.78 Å². The Bertz CT molecular complexity index is 1380. The lowest BCUT2D eigenvalue weighted by Crippen LogP contribution is -2.45. The molecule has 3 aromatic rings. The first-order chi connectivity index (χ1) is 16.9. The Morgan fingerprint density at radius 3 is 2.58 bits per heavy atom. The Hall–Kier alpha value is -3.46. The number of carbonyl (C=O) groups is 1. The SMILES string of the molecule is C[C@]12Cc3cnn(-c4ccc(F)cc4)c3C=C1CC[C@@]2(O)CCc1cc(C(F)(F)F)ccc1C(N)=O. The molecule has 0 aliphatic heterocycles. The number of nitrogens with two attached hydrogens (primary N) is 1. The van der Waals surface area contributed by atoms with Gasteiger partial charge in [-0.1, -0.05) is 12.5 Å². The number of nitrogens with zero attached hydrogens (tertiary/aromatic N) is 2. The Balaban J connectivity index is 1.44. The topological polar surface area (TPSA) is 81.1 Å². The number of halogens is 4. The molecular weight excluding hydrogens is 474 g/mol. The summed E-state index contributed by atoms with van der Waals surface area (Å²) in [7, 11) is 0. The first kappa shape index (κ1) is 24.2. The van der Waals surface area contributed by atoms with Crippen molar-refractivity contribution in [3.63, 3.8) is 0 Å². The quantitative estimate of drug-likeness (QED) is 0.472. The van der Waals surface area contributed by atoms with Crippen LogP contribution in [0.3, 0.4) is 0 Å². The summed E-state index contributed by atoms with van der Waals surface area (Å²) in [6.07, 6.45) is 0.979. The van der Waals surface area contributed by atoms with Crippen molar-refractivity contribution in [2.24, 2.45) is 11.1 Å². The fraction of sp³-hybridized carbons (Fsp3) is 0.333. The third-order valence-corrected chi connectivity index (χ3v) is 7.86. The Labute approximate surface area is 205 Å². The summed E-state index contributed by atoms with van der Waals surface area (Å²) in [5, 5.41) is 16.3. The van der Waals surface area contributed by atoms with Gasteiger partial charge in [0.05, 0.1) is 28.7 Å². The van der Waals surface area contributed by atoms with Crippen molar-refractivity contribution >= 4 is 12.0 Å². The number of rotatable bonds is 5. The first-order valence-corrected chi connectivity index (χ1v) is 11.7. The van der Waals surface area contributed by atoms with Crippen LogP contribution in [-0.4, -0.2) is 26.4 Å². The summed E-state index contributed by atoms with van der Waals surface area (Å²) < 4.78 is 55.0. The highest BCUT2D eigenvalue weighted by Gasteiger charge is 2.54. The number of carbonyl (C=O) groups excluding carboxylic acids is 1. The van der Waals surface area contributed by atoms with Gasteiger partial charge in [0.15, 0.2) is 0 Å². The van der Waals surface area contributed by atoms with E-state index in [-0.39, 0.29) is 29.8 Å². The summed E-state index contributed by atoms with van der Waals surface area (Å²) in [6.45, 7) is 1.96. The molecule has 0 saturated heterocycles. The molecule has 0 bridgehead atoms. The molecule has 9 heteroatoms. The second-order valence-corrected chi connectivity index (χ2v) is 9.89. The van der Waals surface area contributed by atoms with Crippen LogP contribution in [0.2, 0.25) is 0 Å². The normalized spacial score (nSPS) is 23.2. The molecular formula is C27H25F4N3O2. The Kier molecular flexibility index (Phi) is 5.59. The number of alkyl halides is 3. The van der Waals surface area contributed by atoms with Gasteiger partial charge in [-0.15, -0.1) is 0 Å². The second-order valence-electron chi connectivity index (χ2n) is 9.89. The largest absolute Gasteiger partial charge is 0.416 e. The fourth-order valence-electron chi connectivity index (χ4n) is 5.68. The third kappa shape index (κ3) is 3.91. The number of aryl methyl sites for hydroxylation is 1. The molecule has 0 radical (unpaired) electrons. The maximum atomic E-state index is 13.4. The van der Waals surface area contributed by atoms with E-state index in [0.29, 0.717) is 19.3 Å². The first-order valence-electron chi connectivity index (χ1n) is 11.7. The number of aliphatic hydroxyl groups is 1. The lowest BCUT2D eigenvalue weighted by Gasteiger charge is -2.42. The molecule has 188 valence electrons. The highest BCUT2D eigenvalue weighted by Crippen LogP contribution is 2.57. The standard InChI is InChI=1S/C27H25F4N3O2/c1-25-14-17-15-33-34(21-5-3-20(28)4-6-21)23(17)13-18(25)9-11-26(25,36)10-8-16-12-19(27(29,30)31)2-7-22(16)24(32)35/h2-7,12-13,15,36H,8-11,14H2,1H3,(H2,32,35)/t25-,26-/m0/s1. The molecule has 36 heavy (non-hydrogen) atoms. The van der Waals surface area contributed by atoms with Gasteiger partial charge in [0.2, 0.25) is 5.91 Å². The maximum absolute atomic E-state index is 13.4. The molecule has 5 nitrogen and oxygen atoms in total. The zero-order valence-corrected chi connectivity index (χ0v) is 19.6. The van der Waals surface area contributed by atoms with Gasteiger partial charge < -0.3 is 10.8 Å². The van der Waals surface area contributed by atoms with Crippen molar-refractivity contribution in [1.29, 1.82) is 0 Å². The van der Waals surface area contributed by atoms with Crippen molar-refractivity contribution in [2.45, 2.75) is 50.8 Å². The van der Waals surface area contributed by atoms with E-state index in [1.54, 1.807) is 23.0 Å². The number of primary amides is 1. The summed E-state index contributed by atoms with van der Waals surface area (Å²) in [6, 6.07) is 8.91. The van der Waals surface area contributed by atoms with E-state index in [1.165, 1.54) is 12.1 Å². The summed E-state index contributed by atoms with van der Waals surface area (Å²) >= 11 is 0. The number of benzene rings is 2. The van der Waals surface area contributed by atoms with Crippen molar-refractivity contribution < 1.29 is 27.5 Å². The van der Waals surface area contributed by atoms with Crippen LogP contribution in [0.4, 0.5) is 17.6 Å². The van der Waals surface area contributed by atoms with Crippen LogP contribution < -0.4 is 5.73 Å². The predicted octanol–water partition coefficient (Wildman–Crippen LogP) is 5.23. The van der Waals surface area contributed by atoms with E-state index in [0.717, 1.165) is 40.7 Å². The summed E-state index contributed by atoms with van der Waals surface area (Å²) in [4.78, 5) is 11.9. The molecule has 2 aliphatic carbocycles. The molecule has 3 N–H and O–H groups in total. The molecule has 0 spiro atoms. The zero-order valence-electron chi connectivity index (χ0n) is 19.6. The van der Waals surface area contributed by atoms with Crippen LogP contribution in [0, 0.1) is 11.2 Å². The minimum atomic E-state index is -4.55. The van der Waals surface area contributed by atoms with Crippen LogP contribution in [0.5, 0.6) is 0 Å². The van der Waals surface area contributed by atoms with E-state index in [1.807, 2.05) is 13.0 Å². The highest BCUT2D eigenvalue weighted by atomic mass is 19.4. The van der Waals surface area contributed by atoms with Crippen LogP contribution in [0.25, 0.3) is 11.8 Å². The van der Waals surface area contributed by atoms with Gasteiger partial charge in [-0.2, -0.15) is 18.3 Å². The van der Waals surface area contributed by atoms with E-state index in [9.17, 15) is 27.5 Å². The molecule has 1 aromatic heterocycles. The summed E-state index contributed by atoms with van der Waals surface area (Å²) in [5.74, 6) is -1.15. The van der Waals surface area contributed by atoms with E-state index < -0.39 is 28.7 Å². The zero-order chi connectivity index (χ0) is 25.9. The van der Waals surface area contributed by atoms with Gasteiger partial charge in [0.1, 0.15) is 5.82 Å². The van der Waals surface area contributed by atoms with Gasteiger partial charge >= 0.3 is 6.18 Å². The molecule has 5 rings (SSSR count). The fourth-order valence-corrected chi connectivity index (χ4v) is 5.68. The van der Waals surface area contributed by atoms with Crippen LogP contribution in [-0.2, 0) is 19.0 Å². The van der Waals surface area contributed by atoms with Crippen molar-refractivity contribution in [2.75, 3.05) is 0 Å². The smallest absolute Gasteiger partial charge is 0.389 e. The van der Waals surface area contributed by atoms with E-state index in [2.05, 4.69) is 5.10 Å². The van der Waals surface area contributed by atoms with Crippen LogP contribution in [0.15, 0.2) is 54.2 Å². The molecule has 1 saturated carbocycles. The average Bonchev–Trinajstić information content (AvgIpc) is 3.33. The van der Waals surface area contributed by atoms with Gasteiger partial charge in [-0.25, -0.2) is 9.07 Å². The highest BCUT2D eigenvalue weighted by molar-refractivity contribution is 5.94. The summed E-state index contributed by atoms with van der Waals surface area (Å²) in [5.41, 5.74) is 6.44.